The highest BCUT2D eigenvalue weighted by atomic mass is 16.2. The van der Waals surface area contributed by atoms with Gasteiger partial charge in [0, 0.05) is 56.0 Å². The number of hydrogen-bond donors (Lipinski definition) is 1. The average molecular weight is 443 g/mol. The van der Waals surface area contributed by atoms with Gasteiger partial charge in [-0.25, -0.2) is 4.98 Å². The minimum absolute atomic E-state index is 0.135. The molecule has 0 spiro atoms. The summed E-state index contributed by atoms with van der Waals surface area (Å²) in [4.78, 5) is 22.5. The Morgan fingerprint density at radius 1 is 1.09 bits per heavy atom. The van der Waals surface area contributed by atoms with Gasteiger partial charge in [-0.1, -0.05) is 13.8 Å². The van der Waals surface area contributed by atoms with E-state index >= 15 is 0 Å². The van der Waals surface area contributed by atoms with Crippen LogP contribution in [0.5, 0.6) is 0 Å². The lowest BCUT2D eigenvalue weighted by atomic mass is 10.0. The topological polar surface area (TPSA) is 102 Å². The number of amides is 1. The highest BCUT2D eigenvalue weighted by Gasteiger charge is 2.28. The lowest BCUT2D eigenvalue weighted by molar-refractivity contribution is -0.135. The van der Waals surface area contributed by atoms with Crippen molar-refractivity contribution >= 4 is 28.6 Å². The monoisotopic (exact) mass is 442 g/mol. The number of rotatable bonds is 6. The van der Waals surface area contributed by atoms with E-state index in [9.17, 15) is 4.79 Å². The number of hydrogen-bond acceptors (Lipinski definition) is 7. The zero-order chi connectivity index (χ0) is 22.9. The number of carbonyl (C=O) groups excluding carboxylic acids is 1. The van der Waals surface area contributed by atoms with Crippen molar-refractivity contribution in [3.8, 4) is 11.1 Å². The van der Waals surface area contributed by atoms with E-state index in [-0.39, 0.29) is 5.91 Å². The van der Waals surface area contributed by atoms with Gasteiger partial charge in [0.1, 0.15) is 5.82 Å². The highest BCUT2D eigenvalue weighted by molar-refractivity contribution is 5.81. The number of carbonyl (C=O) groups is 1. The molecular weight excluding hydrogens is 416 g/mol. The number of nitrogens with zero attached hydrogens (tertiary/aromatic N) is 7. The summed E-state index contributed by atoms with van der Waals surface area (Å²) in [6.07, 6.45) is 7.49. The molecule has 0 aliphatic carbocycles. The molecule has 9 nitrogen and oxygen atoms in total. The van der Waals surface area contributed by atoms with Crippen LogP contribution in [0.25, 0.3) is 22.2 Å². The Hall–Kier alpha value is -3.88. The Labute approximate surface area is 191 Å². The Bertz CT molecular complexity index is 1310. The predicted molar refractivity (Wildman–Crippen MR) is 126 cm³/mol. The molecule has 0 bridgehead atoms. The molecule has 4 aromatic heterocycles. The number of pyridine rings is 2. The van der Waals surface area contributed by atoms with Crippen LogP contribution in [0.15, 0.2) is 49.1 Å². The van der Waals surface area contributed by atoms with Crippen LogP contribution in [0.3, 0.4) is 0 Å². The van der Waals surface area contributed by atoms with Gasteiger partial charge in [-0.05, 0) is 35.7 Å². The Morgan fingerprint density at radius 2 is 1.94 bits per heavy atom. The fourth-order valence-electron chi connectivity index (χ4n) is 3.94. The van der Waals surface area contributed by atoms with Crippen molar-refractivity contribution in [2.45, 2.75) is 33.2 Å². The molecule has 5 rings (SSSR count). The van der Waals surface area contributed by atoms with Crippen LogP contribution in [-0.2, 0) is 11.3 Å². The molecule has 168 valence electrons. The summed E-state index contributed by atoms with van der Waals surface area (Å²) in [5.74, 6) is 2.31. The van der Waals surface area contributed by atoms with Crippen molar-refractivity contribution < 1.29 is 4.79 Å². The molecule has 0 aromatic carbocycles. The molecule has 4 aromatic rings. The number of likely N-dealkylation sites (tertiary alicyclic amines) is 1. The van der Waals surface area contributed by atoms with Gasteiger partial charge in [-0.2, -0.15) is 10.2 Å². The van der Waals surface area contributed by atoms with Crippen molar-refractivity contribution in [1.82, 2.24) is 34.8 Å². The van der Waals surface area contributed by atoms with E-state index in [1.165, 1.54) is 0 Å². The second-order valence-corrected chi connectivity index (χ2v) is 8.85. The van der Waals surface area contributed by atoms with Crippen LogP contribution in [0.1, 0.15) is 32.3 Å². The summed E-state index contributed by atoms with van der Waals surface area (Å²) >= 11 is 0. The molecular formula is C24H26N8O. The van der Waals surface area contributed by atoms with Crippen LogP contribution in [-0.4, -0.2) is 53.8 Å². The summed E-state index contributed by atoms with van der Waals surface area (Å²) in [5.41, 5.74) is 4.67. The lowest BCUT2D eigenvalue weighted by Crippen LogP contribution is -2.50. The van der Waals surface area contributed by atoms with Crippen molar-refractivity contribution in [3.05, 3.63) is 54.6 Å². The van der Waals surface area contributed by atoms with Crippen molar-refractivity contribution in [2.75, 3.05) is 18.4 Å². The molecule has 1 N–H and O–H groups in total. The summed E-state index contributed by atoms with van der Waals surface area (Å²) in [6.45, 7) is 8.25. The molecule has 0 atom stereocenters. The maximum Gasteiger partial charge on any atom is 0.219 e. The Morgan fingerprint density at radius 3 is 2.73 bits per heavy atom. The first-order valence-corrected chi connectivity index (χ1v) is 11.1. The van der Waals surface area contributed by atoms with Gasteiger partial charge < -0.3 is 10.2 Å². The van der Waals surface area contributed by atoms with Gasteiger partial charge in [-0.3, -0.25) is 14.5 Å². The minimum atomic E-state index is 0.135. The second kappa shape index (κ2) is 8.57. The van der Waals surface area contributed by atoms with E-state index in [0.717, 1.165) is 47.4 Å². The SMILES string of the molecule is CC(=O)N1CC(Cn2cc(-c3cnc4ccc(Nc5cc(C(C)C)cnn5)nc4c3)cn2)C1. The Balaban J connectivity index is 1.33. The Kier molecular flexibility index (Phi) is 5.45. The third kappa shape index (κ3) is 4.52. The van der Waals surface area contributed by atoms with Gasteiger partial charge in [0.2, 0.25) is 5.91 Å². The standard InChI is InChI=1S/C24H26N8O/c1-15(2)18-7-24(30-26-9-18)29-23-5-4-21-22(28-23)6-19(8-25-21)20-10-27-32(14-20)13-17-11-31(12-17)16(3)33/h4-10,14-15,17H,11-13H2,1-3H3,(H,28,29,30). The van der Waals surface area contributed by atoms with Crippen LogP contribution >= 0.6 is 0 Å². The van der Waals surface area contributed by atoms with Crippen molar-refractivity contribution in [2.24, 2.45) is 5.92 Å². The smallest absolute Gasteiger partial charge is 0.219 e. The number of anilines is 2. The minimum Gasteiger partial charge on any atom is -0.342 e. The first-order valence-electron chi connectivity index (χ1n) is 11.1. The number of nitrogens with one attached hydrogen (secondary N) is 1. The van der Waals surface area contributed by atoms with Gasteiger partial charge >= 0.3 is 0 Å². The molecule has 33 heavy (non-hydrogen) atoms. The van der Waals surface area contributed by atoms with E-state index in [2.05, 4.69) is 39.4 Å². The normalized spacial score (nSPS) is 14.0. The molecule has 1 saturated heterocycles. The molecule has 1 amide bonds. The summed E-state index contributed by atoms with van der Waals surface area (Å²) in [6, 6.07) is 7.84. The first-order chi connectivity index (χ1) is 15.9. The molecule has 5 heterocycles. The fraction of sp³-hybridized carbons (Fsp3) is 0.333. The highest BCUT2D eigenvalue weighted by Crippen LogP contribution is 2.25. The third-order valence-electron chi connectivity index (χ3n) is 5.95. The second-order valence-electron chi connectivity index (χ2n) is 8.85. The van der Waals surface area contributed by atoms with E-state index in [1.807, 2.05) is 52.4 Å². The predicted octanol–water partition coefficient (Wildman–Crippen LogP) is 3.63. The maximum atomic E-state index is 11.4. The largest absolute Gasteiger partial charge is 0.342 e. The quantitative estimate of drug-likeness (QED) is 0.486. The van der Waals surface area contributed by atoms with E-state index < -0.39 is 0 Å². The molecule has 1 aliphatic heterocycles. The number of aromatic nitrogens is 6. The summed E-state index contributed by atoms with van der Waals surface area (Å²) < 4.78 is 1.94. The van der Waals surface area contributed by atoms with Gasteiger partial charge in [0.15, 0.2) is 5.82 Å². The van der Waals surface area contributed by atoms with E-state index in [1.54, 1.807) is 13.1 Å². The average Bonchev–Trinajstić information content (AvgIpc) is 3.24. The van der Waals surface area contributed by atoms with Gasteiger partial charge in [0.05, 0.1) is 23.4 Å². The maximum absolute atomic E-state index is 11.4. The fourth-order valence-corrected chi connectivity index (χ4v) is 3.94. The molecule has 9 heteroatoms. The molecule has 0 unspecified atom stereocenters. The van der Waals surface area contributed by atoms with E-state index in [0.29, 0.717) is 23.5 Å². The van der Waals surface area contributed by atoms with Crippen LogP contribution < -0.4 is 5.32 Å². The molecule has 0 radical (unpaired) electrons. The van der Waals surface area contributed by atoms with Crippen molar-refractivity contribution in [1.29, 1.82) is 0 Å². The molecule has 1 fully saturated rings. The van der Waals surface area contributed by atoms with Crippen LogP contribution in [0.2, 0.25) is 0 Å². The first kappa shape index (κ1) is 21.0. The van der Waals surface area contributed by atoms with Gasteiger partial charge in [0.25, 0.3) is 0 Å². The van der Waals surface area contributed by atoms with Crippen LogP contribution in [0.4, 0.5) is 11.6 Å². The third-order valence-corrected chi connectivity index (χ3v) is 5.95. The lowest BCUT2D eigenvalue weighted by Gasteiger charge is -2.38. The summed E-state index contributed by atoms with van der Waals surface area (Å²) in [7, 11) is 0. The molecule has 0 saturated carbocycles. The molecule has 1 aliphatic rings. The summed E-state index contributed by atoms with van der Waals surface area (Å²) in [5, 5.41) is 16.0. The van der Waals surface area contributed by atoms with Gasteiger partial charge in [-0.15, -0.1) is 5.10 Å². The number of fused-ring (bicyclic) bond motifs is 1. The van der Waals surface area contributed by atoms with Crippen molar-refractivity contribution in [3.63, 3.8) is 0 Å². The zero-order valence-corrected chi connectivity index (χ0v) is 18.9. The van der Waals surface area contributed by atoms with Crippen LogP contribution in [0, 0.1) is 5.92 Å². The zero-order valence-electron chi connectivity index (χ0n) is 18.9. The van der Waals surface area contributed by atoms with E-state index in [4.69, 9.17) is 4.98 Å².